The minimum Gasteiger partial charge on any atom is -0.462 e. The summed E-state index contributed by atoms with van der Waals surface area (Å²) in [5.74, 6) is 1.53. The molecule has 2 unspecified atom stereocenters. The molecule has 2 atom stereocenters. The number of carbonyl (C=O) groups is 1. The summed E-state index contributed by atoms with van der Waals surface area (Å²) in [5, 5.41) is 0. The molecule has 0 amide bonds. The van der Waals surface area contributed by atoms with Crippen LogP contribution in [0.3, 0.4) is 0 Å². The monoisotopic (exact) mass is 234 g/mol. The Bertz CT molecular complexity index is 344. The Morgan fingerprint density at radius 3 is 2.53 bits per heavy atom. The second-order valence-electron chi connectivity index (χ2n) is 7.08. The Morgan fingerprint density at radius 2 is 2.00 bits per heavy atom. The van der Waals surface area contributed by atoms with E-state index in [1.807, 2.05) is 0 Å². The standard InChI is InChI=1S/C15H22O2/c1-3-13(16)17-10-15-7-11-4-12(8-15)6-14(2,5-11)9-15/h3,11-12H,1,4-10H2,2H3. The van der Waals surface area contributed by atoms with Gasteiger partial charge in [-0.25, -0.2) is 4.79 Å². The Morgan fingerprint density at radius 1 is 1.35 bits per heavy atom. The highest BCUT2D eigenvalue weighted by atomic mass is 16.5. The van der Waals surface area contributed by atoms with Gasteiger partial charge in [0, 0.05) is 11.5 Å². The number of carbonyl (C=O) groups excluding carboxylic acids is 1. The number of esters is 1. The van der Waals surface area contributed by atoms with Gasteiger partial charge in [-0.3, -0.25) is 0 Å². The topological polar surface area (TPSA) is 26.3 Å². The van der Waals surface area contributed by atoms with Gasteiger partial charge in [0.2, 0.25) is 0 Å². The van der Waals surface area contributed by atoms with Crippen molar-refractivity contribution in [1.29, 1.82) is 0 Å². The molecule has 2 heteroatoms. The lowest BCUT2D eigenvalue weighted by Gasteiger charge is -2.61. The average Bonchev–Trinajstić information content (AvgIpc) is 2.22. The summed E-state index contributed by atoms with van der Waals surface area (Å²) in [6, 6.07) is 0. The molecular formula is C15H22O2. The lowest BCUT2D eigenvalue weighted by atomic mass is 9.45. The molecule has 0 saturated heterocycles. The van der Waals surface area contributed by atoms with Crippen LogP contribution in [0.1, 0.15) is 45.4 Å². The molecule has 94 valence electrons. The van der Waals surface area contributed by atoms with Crippen molar-refractivity contribution < 1.29 is 9.53 Å². The van der Waals surface area contributed by atoms with Gasteiger partial charge >= 0.3 is 5.97 Å². The summed E-state index contributed by atoms with van der Waals surface area (Å²) >= 11 is 0. The van der Waals surface area contributed by atoms with Gasteiger partial charge in [-0.1, -0.05) is 13.5 Å². The predicted octanol–water partition coefficient (Wildman–Crippen LogP) is 3.32. The first-order valence-corrected chi connectivity index (χ1v) is 6.82. The fourth-order valence-electron chi connectivity index (χ4n) is 5.38. The van der Waals surface area contributed by atoms with E-state index in [9.17, 15) is 4.79 Å². The van der Waals surface area contributed by atoms with Crippen molar-refractivity contribution in [1.82, 2.24) is 0 Å². The van der Waals surface area contributed by atoms with Gasteiger partial charge in [-0.05, 0) is 55.8 Å². The Kier molecular flexibility index (Phi) is 2.39. The molecule has 4 aliphatic carbocycles. The molecular weight excluding hydrogens is 212 g/mol. The van der Waals surface area contributed by atoms with E-state index in [2.05, 4.69) is 13.5 Å². The Labute approximate surface area is 103 Å². The molecule has 0 aromatic heterocycles. The molecule has 0 radical (unpaired) electrons. The predicted molar refractivity (Wildman–Crippen MR) is 66.4 cm³/mol. The SMILES string of the molecule is C=CC(=O)OCC12CC3CC(CC(C)(C3)C1)C2. The first-order valence-electron chi connectivity index (χ1n) is 6.82. The van der Waals surface area contributed by atoms with E-state index in [0.29, 0.717) is 17.4 Å². The molecule has 0 aliphatic heterocycles. The quantitative estimate of drug-likeness (QED) is 0.553. The Balaban J connectivity index is 1.74. The van der Waals surface area contributed by atoms with E-state index in [-0.39, 0.29) is 5.97 Å². The molecule has 4 bridgehead atoms. The highest BCUT2D eigenvalue weighted by Gasteiger charge is 2.56. The Hall–Kier alpha value is -0.790. The zero-order valence-electron chi connectivity index (χ0n) is 10.7. The summed E-state index contributed by atoms with van der Waals surface area (Å²) in [5.41, 5.74) is 0.835. The zero-order valence-corrected chi connectivity index (χ0v) is 10.7. The van der Waals surface area contributed by atoms with E-state index in [1.54, 1.807) is 0 Å². The number of hydrogen-bond acceptors (Lipinski definition) is 2. The smallest absolute Gasteiger partial charge is 0.330 e. The summed E-state index contributed by atoms with van der Waals surface area (Å²) in [7, 11) is 0. The lowest BCUT2D eigenvalue weighted by molar-refractivity contribution is -0.157. The van der Waals surface area contributed by atoms with Gasteiger partial charge in [0.05, 0.1) is 6.61 Å². The molecule has 0 spiro atoms. The van der Waals surface area contributed by atoms with Crippen LogP contribution < -0.4 is 0 Å². The van der Waals surface area contributed by atoms with Crippen molar-refractivity contribution in [2.24, 2.45) is 22.7 Å². The molecule has 4 aliphatic rings. The minimum absolute atomic E-state index is 0.258. The maximum Gasteiger partial charge on any atom is 0.330 e. The largest absolute Gasteiger partial charge is 0.462 e. The number of hydrogen-bond donors (Lipinski definition) is 0. The van der Waals surface area contributed by atoms with Gasteiger partial charge in [-0.2, -0.15) is 0 Å². The molecule has 0 N–H and O–H groups in total. The van der Waals surface area contributed by atoms with Crippen LogP contribution >= 0.6 is 0 Å². The van der Waals surface area contributed by atoms with E-state index in [4.69, 9.17) is 4.74 Å². The fraction of sp³-hybridized carbons (Fsp3) is 0.800. The molecule has 4 saturated carbocycles. The fourth-order valence-corrected chi connectivity index (χ4v) is 5.38. The molecule has 0 heterocycles. The van der Waals surface area contributed by atoms with Crippen LogP contribution in [0.5, 0.6) is 0 Å². The second kappa shape index (κ2) is 3.60. The summed E-state index contributed by atoms with van der Waals surface area (Å²) in [6.07, 6.45) is 9.33. The van der Waals surface area contributed by atoms with E-state index < -0.39 is 0 Å². The first kappa shape index (κ1) is 11.3. The first-order chi connectivity index (χ1) is 8.03. The summed E-state index contributed by atoms with van der Waals surface area (Å²) in [4.78, 5) is 11.2. The third-order valence-electron chi connectivity index (χ3n) is 5.16. The van der Waals surface area contributed by atoms with Crippen LogP contribution in [-0.2, 0) is 9.53 Å². The molecule has 0 aromatic rings. The minimum atomic E-state index is -0.258. The van der Waals surface area contributed by atoms with Gasteiger partial charge in [0.25, 0.3) is 0 Å². The highest BCUT2D eigenvalue weighted by Crippen LogP contribution is 2.65. The van der Waals surface area contributed by atoms with Crippen LogP contribution in [0.2, 0.25) is 0 Å². The number of ether oxygens (including phenoxy) is 1. The zero-order chi connectivity index (χ0) is 12.1. The maximum absolute atomic E-state index is 11.2. The lowest BCUT2D eigenvalue weighted by Crippen LogP contribution is -2.52. The highest BCUT2D eigenvalue weighted by molar-refractivity contribution is 5.81. The van der Waals surface area contributed by atoms with Gasteiger partial charge < -0.3 is 4.74 Å². The van der Waals surface area contributed by atoms with Crippen molar-refractivity contribution >= 4 is 5.97 Å². The van der Waals surface area contributed by atoms with Crippen LogP contribution in [0.4, 0.5) is 0 Å². The van der Waals surface area contributed by atoms with E-state index in [1.165, 1.54) is 44.6 Å². The van der Waals surface area contributed by atoms with Crippen molar-refractivity contribution in [3.05, 3.63) is 12.7 Å². The summed E-state index contributed by atoms with van der Waals surface area (Å²) < 4.78 is 5.36. The second-order valence-corrected chi connectivity index (χ2v) is 7.08. The third kappa shape index (κ3) is 1.92. The average molecular weight is 234 g/mol. The van der Waals surface area contributed by atoms with Crippen LogP contribution in [0.15, 0.2) is 12.7 Å². The molecule has 4 fully saturated rings. The van der Waals surface area contributed by atoms with E-state index >= 15 is 0 Å². The van der Waals surface area contributed by atoms with Gasteiger partial charge in [0.15, 0.2) is 0 Å². The molecule has 0 aromatic carbocycles. The summed E-state index contributed by atoms with van der Waals surface area (Å²) in [6.45, 7) is 6.53. The van der Waals surface area contributed by atoms with Crippen molar-refractivity contribution in [2.75, 3.05) is 6.61 Å². The van der Waals surface area contributed by atoms with Gasteiger partial charge in [0.1, 0.15) is 0 Å². The maximum atomic E-state index is 11.2. The van der Waals surface area contributed by atoms with Gasteiger partial charge in [-0.15, -0.1) is 0 Å². The van der Waals surface area contributed by atoms with Crippen LogP contribution in [0.25, 0.3) is 0 Å². The van der Waals surface area contributed by atoms with Crippen LogP contribution in [0, 0.1) is 22.7 Å². The van der Waals surface area contributed by atoms with Crippen LogP contribution in [-0.4, -0.2) is 12.6 Å². The molecule has 4 rings (SSSR count). The third-order valence-corrected chi connectivity index (χ3v) is 5.16. The number of rotatable bonds is 3. The van der Waals surface area contributed by atoms with Crippen molar-refractivity contribution in [2.45, 2.75) is 45.4 Å². The molecule has 2 nitrogen and oxygen atoms in total. The molecule has 17 heavy (non-hydrogen) atoms. The van der Waals surface area contributed by atoms with Crippen molar-refractivity contribution in [3.63, 3.8) is 0 Å². The van der Waals surface area contributed by atoms with E-state index in [0.717, 1.165) is 11.8 Å². The van der Waals surface area contributed by atoms with Crippen molar-refractivity contribution in [3.8, 4) is 0 Å². The normalized spacial score (nSPS) is 46.9.